The predicted molar refractivity (Wildman–Crippen MR) is 67.8 cm³/mol. The van der Waals surface area contributed by atoms with Gasteiger partial charge in [0.25, 0.3) is 0 Å². The van der Waals surface area contributed by atoms with Crippen molar-refractivity contribution < 1.29 is 18.3 Å². The van der Waals surface area contributed by atoms with Crippen molar-refractivity contribution in [2.75, 3.05) is 24.7 Å². The minimum Gasteiger partial charge on any atom is -0.396 e. The van der Waals surface area contributed by atoms with Crippen molar-refractivity contribution >= 4 is 15.7 Å². The van der Waals surface area contributed by atoms with Crippen LogP contribution in [0.5, 0.6) is 0 Å². The lowest BCUT2D eigenvalue weighted by atomic mass is 10.1. The van der Waals surface area contributed by atoms with Crippen LogP contribution in [0, 0.1) is 5.92 Å². The Morgan fingerprint density at radius 3 is 2.72 bits per heavy atom. The van der Waals surface area contributed by atoms with Crippen LogP contribution in [-0.2, 0) is 14.6 Å². The lowest BCUT2D eigenvalue weighted by molar-refractivity contribution is -0.135. The molecule has 104 valence electrons. The smallest absolute Gasteiger partial charge is 0.226 e. The number of aliphatic hydroxyl groups excluding tert-OH is 1. The van der Waals surface area contributed by atoms with Crippen molar-refractivity contribution in [3.63, 3.8) is 0 Å². The third-order valence-electron chi connectivity index (χ3n) is 3.94. The molecule has 0 saturated carbocycles. The molecule has 0 aromatic heterocycles. The van der Waals surface area contributed by atoms with E-state index in [9.17, 15) is 13.2 Å². The highest BCUT2D eigenvalue weighted by molar-refractivity contribution is 7.91. The van der Waals surface area contributed by atoms with Crippen molar-refractivity contribution in [2.45, 2.75) is 38.1 Å². The zero-order valence-corrected chi connectivity index (χ0v) is 11.4. The highest BCUT2D eigenvalue weighted by Gasteiger charge is 2.38. The van der Waals surface area contributed by atoms with Crippen LogP contribution in [0.25, 0.3) is 0 Å². The first kappa shape index (κ1) is 13.8. The van der Waals surface area contributed by atoms with Gasteiger partial charge >= 0.3 is 0 Å². The molecule has 1 amide bonds. The molecular weight excluding hydrogens is 254 g/mol. The third kappa shape index (κ3) is 3.03. The molecule has 2 aliphatic rings. The number of sulfone groups is 1. The summed E-state index contributed by atoms with van der Waals surface area (Å²) in [6.45, 7) is 0.891. The summed E-state index contributed by atoms with van der Waals surface area (Å²) in [6, 6.07) is 0.202. The Labute approximate surface area is 108 Å². The molecule has 6 heteroatoms. The summed E-state index contributed by atoms with van der Waals surface area (Å²) >= 11 is 0. The highest BCUT2D eigenvalue weighted by atomic mass is 32.2. The maximum Gasteiger partial charge on any atom is 0.226 e. The van der Waals surface area contributed by atoms with Gasteiger partial charge < -0.3 is 10.0 Å². The number of likely N-dealkylation sites (tertiary alicyclic amines) is 1. The Balaban J connectivity index is 1.96. The number of rotatable bonds is 4. The summed E-state index contributed by atoms with van der Waals surface area (Å²) in [4.78, 5) is 14.2. The van der Waals surface area contributed by atoms with E-state index in [1.54, 1.807) is 0 Å². The molecule has 2 rings (SSSR count). The fraction of sp³-hybridized carbons (Fsp3) is 0.917. The maximum absolute atomic E-state index is 12.3. The van der Waals surface area contributed by atoms with Gasteiger partial charge in [-0.1, -0.05) is 0 Å². The molecule has 18 heavy (non-hydrogen) atoms. The Hall–Kier alpha value is -0.620. The fourth-order valence-corrected chi connectivity index (χ4v) is 4.71. The number of aliphatic hydroxyl groups is 1. The van der Waals surface area contributed by atoms with Gasteiger partial charge in [-0.15, -0.1) is 0 Å². The van der Waals surface area contributed by atoms with Crippen molar-refractivity contribution in [3.8, 4) is 0 Å². The normalized spacial score (nSPS) is 30.8. The number of carbonyl (C=O) groups is 1. The summed E-state index contributed by atoms with van der Waals surface area (Å²) in [5.74, 6) is -0.144. The van der Waals surface area contributed by atoms with Crippen molar-refractivity contribution in [2.24, 2.45) is 5.92 Å². The number of amides is 1. The molecule has 5 nitrogen and oxygen atoms in total. The number of carbonyl (C=O) groups excluding carboxylic acids is 1. The summed E-state index contributed by atoms with van der Waals surface area (Å²) in [7, 11) is -2.99. The molecule has 2 fully saturated rings. The van der Waals surface area contributed by atoms with Crippen LogP contribution >= 0.6 is 0 Å². The molecule has 2 unspecified atom stereocenters. The molecule has 0 bridgehead atoms. The van der Waals surface area contributed by atoms with E-state index in [2.05, 4.69) is 0 Å². The Bertz CT molecular complexity index is 406. The highest BCUT2D eigenvalue weighted by Crippen LogP contribution is 2.27. The third-order valence-corrected chi connectivity index (χ3v) is 5.71. The molecule has 2 saturated heterocycles. The van der Waals surface area contributed by atoms with E-state index in [-0.39, 0.29) is 36.0 Å². The number of nitrogens with zero attached hydrogens (tertiary/aromatic N) is 1. The molecule has 1 N–H and O–H groups in total. The molecule has 0 aromatic carbocycles. The van der Waals surface area contributed by atoms with Crippen molar-refractivity contribution in [1.82, 2.24) is 4.90 Å². The topological polar surface area (TPSA) is 74.7 Å². The van der Waals surface area contributed by atoms with Gasteiger partial charge in [0.1, 0.15) is 0 Å². The van der Waals surface area contributed by atoms with E-state index >= 15 is 0 Å². The van der Waals surface area contributed by atoms with Crippen molar-refractivity contribution in [1.29, 1.82) is 0 Å². The lowest BCUT2D eigenvalue weighted by Gasteiger charge is -2.27. The fourth-order valence-electron chi connectivity index (χ4n) is 2.98. The minimum absolute atomic E-state index is 0.0107. The molecule has 0 aliphatic carbocycles. The average Bonchev–Trinajstić information content (AvgIpc) is 2.91. The minimum atomic E-state index is -2.99. The van der Waals surface area contributed by atoms with Gasteiger partial charge in [0, 0.05) is 19.2 Å². The van der Waals surface area contributed by atoms with Crippen LogP contribution < -0.4 is 0 Å². The standard InChI is InChI=1S/C12H21NO4S/c14-7-2-4-11-3-1-6-13(11)12(15)10-5-8-18(16,17)9-10/h10-11,14H,1-9H2. The van der Waals surface area contributed by atoms with Gasteiger partial charge in [0.15, 0.2) is 9.84 Å². The van der Waals surface area contributed by atoms with Gasteiger partial charge in [-0.2, -0.15) is 0 Å². The van der Waals surface area contributed by atoms with E-state index in [1.807, 2.05) is 4.90 Å². The first-order chi connectivity index (χ1) is 8.53. The molecule has 0 spiro atoms. The van der Waals surface area contributed by atoms with Crippen LogP contribution in [0.15, 0.2) is 0 Å². The monoisotopic (exact) mass is 275 g/mol. The Morgan fingerprint density at radius 2 is 2.11 bits per heavy atom. The zero-order valence-electron chi connectivity index (χ0n) is 10.5. The SMILES string of the molecule is O=C(C1CCS(=O)(=O)C1)N1CCCC1CCCO. The zero-order chi connectivity index (χ0) is 13.2. The number of hydrogen-bond acceptors (Lipinski definition) is 4. The van der Waals surface area contributed by atoms with Crippen LogP contribution in [0.2, 0.25) is 0 Å². The largest absolute Gasteiger partial charge is 0.396 e. The maximum atomic E-state index is 12.3. The molecule has 2 atom stereocenters. The first-order valence-corrected chi connectivity index (χ1v) is 8.47. The second-order valence-corrected chi connectivity index (χ2v) is 7.52. The van der Waals surface area contributed by atoms with Gasteiger partial charge in [-0.05, 0) is 32.1 Å². The second kappa shape index (κ2) is 5.57. The molecule has 0 aromatic rings. The van der Waals surface area contributed by atoms with Gasteiger partial charge in [0.05, 0.1) is 17.4 Å². The van der Waals surface area contributed by atoms with Crippen LogP contribution in [0.3, 0.4) is 0 Å². The molecule has 0 radical (unpaired) electrons. The van der Waals surface area contributed by atoms with E-state index in [4.69, 9.17) is 5.11 Å². The van der Waals surface area contributed by atoms with Crippen molar-refractivity contribution in [3.05, 3.63) is 0 Å². The summed E-state index contributed by atoms with van der Waals surface area (Å²) < 4.78 is 22.8. The second-order valence-electron chi connectivity index (χ2n) is 5.29. The van der Waals surface area contributed by atoms with Crippen LogP contribution in [0.4, 0.5) is 0 Å². The molecule has 2 aliphatic heterocycles. The van der Waals surface area contributed by atoms with Gasteiger partial charge in [-0.25, -0.2) is 8.42 Å². The first-order valence-electron chi connectivity index (χ1n) is 6.65. The summed E-state index contributed by atoms with van der Waals surface area (Å²) in [5.41, 5.74) is 0. The summed E-state index contributed by atoms with van der Waals surface area (Å²) in [5, 5.41) is 8.85. The van der Waals surface area contributed by atoms with E-state index < -0.39 is 9.84 Å². The molecular formula is C12H21NO4S. The Morgan fingerprint density at radius 1 is 1.33 bits per heavy atom. The van der Waals surface area contributed by atoms with E-state index in [1.165, 1.54) is 0 Å². The lowest BCUT2D eigenvalue weighted by Crippen LogP contribution is -2.40. The van der Waals surface area contributed by atoms with Gasteiger partial charge in [0.2, 0.25) is 5.91 Å². The van der Waals surface area contributed by atoms with Crippen LogP contribution in [0.1, 0.15) is 32.1 Å². The average molecular weight is 275 g/mol. The van der Waals surface area contributed by atoms with Gasteiger partial charge in [-0.3, -0.25) is 4.79 Å². The Kier molecular flexibility index (Phi) is 4.27. The number of hydrogen-bond donors (Lipinski definition) is 1. The van der Waals surface area contributed by atoms with E-state index in [0.717, 1.165) is 25.8 Å². The van der Waals surface area contributed by atoms with E-state index in [0.29, 0.717) is 12.8 Å². The molecule has 2 heterocycles. The summed E-state index contributed by atoms with van der Waals surface area (Å²) in [6.07, 6.45) is 3.97. The van der Waals surface area contributed by atoms with Crippen LogP contribution in [-0.4, -0.2) is 55.0 Å². The predicted octanol–water partition coefficient (Wildman–Crippen LogP) is 0.185. The quantitative estimate of drug-likeness (QED) is 0.794.